The summed E-state index contributed by atoms with van der Waals surface area (Å²) < 4.78 is 10.6. The lowest BCUT2D eigenvalue weighted by Gasteiger charge is -2.12. The summed E-state index contributed by atoms with van der Waals surface area (Å²) in [6.45, 7) is 0.233. The van der Waals surface area contributed by atoms with Gasteiger partial charge in [0.05, 0.1) is 13.5 Å². The van der Waals surface area contributed by atoms with Gasteiger partial charge < -0.3 is 9.47 Å². The highest BCUT2D eigenvalue weighted by atomic mass is 79.9. The van der Waals surface area contributed by atoms with Gasteiger partial charge in [-0.1, -0.05) is 34.1 Å². The lowest BCUT2D eigenvalue weighted by Crippen LogP contribution is -2.09. The monoisotopic (exact) mass is 349 g/mol. The standard InChI is InChI=1S/C16H16BrNO3/c1-20-15-6-2-5-13(14(15)9-17)11-21-16(19)8-12-4-3-7-18-10-12/h2-7,10H,8-9,11H2,1H3. The summed E-state index contributed by atoms with van der Waals surface area (Å²) in [4.78, 5) is 15.8. The molecule has 2 aromatic rings. The molecule has 0 amide bonds. The normalized spacial score (nSPS) is 10.2. The van der Waals surface area contributed by atoms with Crippen LogP contribution in [0.15, 0.2) is 42.7 Å². The Morgan fingerprint density at radius 3 is 2.81 bits per heavy atom. The number of carbonyl (C=O) groups excluding carboxylic acids is 1. The molecule has 1 aromatic carbocycles. The van der Waals surface area contributed by atoms with E-state index in [0.717, 1.165) is 22.4 Å². The van der Waals surface area contributed by atoms with Crippen molar-refractivity contribution in [3.05, 3.63) is 59.4 Å². The minimum Gasteiger partial charge on any atom is -0.496 e. The smallest absolute Gasteiger partial charge is 0.310 e. The van der Waals surface area contributed by atoms with E-state index in [1.807, 2.05) is 24.3 Å². The molecule has 0 aliphatic rings. The van der Waals surface area contributed by atoms with Crippen molar-refractivity contribution < 1.29 is 14.3 Å². The number of hydrogen-bond donors (Lipinski definition) is 0. The van der Waals surface area contributed by atoms with E-state index in [1.54, 1.807) is 25.6 Å². The van der Waals surface area contributed by atoms with Crippen LogP contribution in [0.25, 0.3) is 0 Å². The van der Waals surface area contributed by atoms with Crippen LogP contribution in [0, 0.1) is 0 Å². The first-order valence-electron chi connectivity index (χ1n) is 6.50. The molecule has 0 spiro atoms. The summed E-state index contributed by atoms with van der Waals surface area (Å²) in [6, 6.07) is 9.35. The van der Waals surface area contributed by atoms with Gasteiger partial charge in [-0.2, -0.15) is 0 Å². The van der Waals surface area contributed by atoms with E-state index in [1.165, 1.54) is 0 Å². The maximum Gasteiger partial charge on any atom is 0.310 e. The number of rotatable bonds is 6. The van der Waals surface area contributed by atoms with E-state index in [0.29, 0.717) is 5.33 Å². The van der Waals surface area contributed by atoms with Crippen LogP contribution in [-0.2, 0) is 27.9 Å². The quantitative estimate of drug-likeness (QED) is 0.593. The molecule has 0 N–H and O–H groups in total. The van der Waals surface area contributed by atoms with Gasteiger partial charge >= 0.3 is 5.97 Å². The number of aromatic nitrogens is 1. The fraction of sp³-hybridized carbons (Fsp3) is 0.250. The number of alkyl halides is 1. The van der Waals surface area contributed by atoms with E-state index < -0.39 is 0 Å². The molecule has 4 nitrogen and oxygen atoms in total. The van der Waals surface area contributed by atoms with Crippen molar-refractivity contribution in [2.45, 2.75) is 18.4 Å². The van der Waals surface area contributed by atoms with Crippen molar-refractivity contribution in [2.24, 2.45) is 0 Å². The number of carbonyl (C=O) groups is 1. The van der Waals surface area contributed by atoms with Crippen molar-refractivity contribution in [1.82, 2.24) is 4.98 Å². The third-order valence-corrected chi connectivity index (χ3v) is 3.60. The SMILES string of the molecule is COc1cccc(COC(=O)Cc2cccnc2)c1CBr. The molecule has 0 saturated carbocycles. The van der Waals surface area contributed by atoms with E-state index >= 15 is 0 Å². The molecule has 5 heteroatoms. The summed E-state index contributed by atoms with van der Waals surface area (Å²) in [5.74, 6) is 0.513. The Morgan fingerprint density at radius 1 is 1.29 bits per heavy atom. The highest BCUT2D eigenvalue weighted by molar-refractivity contribution is 9.08. The summed E-state index contributed by atoms with van der Waals surface area (Å²) in [5.41, 5.74) is 2.77. The largest absolute Gasteiger partial charge is 0.496 e. The van der Waals surface area contributed by atoms with Crippen molar-refractivity contribution in [3.63, 3.8) is 0 Å². The predicted molar refractivity (Wildman–Crippen MR) is 83.4 cm³/mol. The molecular formula is C16H16BrNO3. The van der Waals surface area contributed by atoms with Crippen molar-refractivity contribution in [3.8, 4) is 5.75 Å². The maximum absolute atomic E-state index is 11.8. The average Bonchev–Trinajstić information content (AvgIpc) is 2.53. The van der Waals surface area contributed by atoms with Gasteiger partial charge in [0.2, 0.25) is 0 Å². The molecule has 0 fully saturated rings. The van der Waals surface area contributed by atoms with Crippen molar-refractivity contribution in [2.75, 3.05) is 7.11 Å². The average molecular weight is 350 g/mol. The fourth-order valence-electron chi connectivity index (χ4n) is 1.97. The molecule has 2 rings (SSSR count). The number of esters is 1. The van der Waals surface area contributed by atoms with Crippen LogP contribution in [0.3, 0.4) is 0 Å². The Labute approximate surface area is 132 Å². The molecule has 0 atom stereocenters. The lowest BCUT2D eigenvalue weighted by atomic mass is 10.1. The number of halogens is 1. The second kappa shape index (κ2) is 7.78. The Kier molecular flexibility index (Phi) is 5.75. The highest BCUT2D eigenvalue weighted by Gasteiger charge is 2.10. The Balaban J connectivity index is 1.98. The predicted octanol–water partition coefficient (Wildman–Crippen LogP) is 3.27. The van der Waals surface area contributed by atoms with E-state index in [-0.39, 0.29) is 19.0 Å². The summed E-state index contributed by atoms with van der Waals surface area (Å²) >= 11 is 3.43. The second-order valence-electron chi connectivity index (χ2n) is 4.43. The molecule has 0 aliphatic heterocycles. The highest BCUT2D eigenvalue weighted by Crippen LogP contribution is 2.25. The minimum atomic E-state index is -0.272. The first-order valence-corrected chi connectivity index (χ1v) is 7.62. The van der Waals surface area contributed by atoms with Crippen LogP contribution in [0.2, 0.25) is 0 Å². The fourth-order valence-corrected chi connectivity index (χ4v) is 2.60. The van der Waals surface area contributed by atoms with Crippen LogP contribution in [-0.4, -0.2) is 18.1 Å². The first kappa shape index (κ1) is 15.5. The number of benzene rings is 1. The first-order chi connectivity index (χ1) is 10.2. The zero-order valence-corrected chi connectivity index (χ0v) is 13.3. The molecule has 0 unspecified atom stereocenters. The molecule has 0 saturated heterocycles. The zero-order valence-electron chi connectivity index (χ0n) is 11.7. The molecular weight excluding hydrogens is 334 g/mol. The van der Waals surface area contributed by atoms with Gasteiger partial charge in [-0.25, -0.2) is 0 Å². The number of hydrogen-bond acceptors (Lipinski definition) is 4. The number of methoxy groups -OCH3 is 1. The Hall–Kier alpha value is -1.88. The van der Waals surface area contributed by atoms with Crippen LogP contribution in [0.1, 0.15) is 16.7 Å². The van der Waals surface area contributed by atoms with E-state index in [4.69, 9.17) is 9.47 Å². The van der Waals surface area contributed by atoms with Gasteiger partial charge in [-0.15, -0.1) is 0 Å². The third-order valence-electron chi connectivity index (χ3n) is 3.04. The van der Waals surface area contributed by atoms with E-state index in [2.05, 4.69) is 20.9 Å². The molecule has 1 heterocycles. The number of ether oxygens (including phenoxy) is 2. The third kappa shape index (κ3) is 4.29. The van der Waals surface area contributed by atoms with Gasteiger partial charge in [-0.3, -0.25) is 9.78 Å². The lowest BCUT2D eigenvalue weighted by molar-refractivity contribution is -0.144. The molecule has 21 heavy (non-hydrogen) atoms. The molecule has 1 aromatic heterocycles. The Morgan fingerprint density at radius 2 is 2.14 bits per heavy atom. The van der Waals surface area contributed by atoms with Crippen LogP contribution >= 0.6 is 15.9 Å². The van der Waals surface area contributed by atoms with Crippen LogP contribution in [0.4, 0.5) is 0 Å². The van der Waals surface area contributed by atoms with Crippen molar-refractivity contribution >= 4 is 21.9 Å². The Bertz CT molecular complexity index is 602. The second-order valence-corrected chi connectivity index (χ2v) is 4.99. The molecule has 0 aliphatic carbocycles. The summed E-state index contributed by atoms with van der Waals surface area (Å²) in [7, 11) is 1.62. The zero-order chi connectivity index (χ0) is 15.1. The van der Waals surface area contributed by atoms with Crippen LogP contribution in [0.5, 0.6) is 5.75 Å². The van der Waals surface area contributed by atoms with E-state index in [9.17, 15) is 4.79 Å². The number of pyridine rings is 1. The minimum absolute atomic E-state index is 0.224. The van der Waals surface area contributed by atoms with Gasteiger partial charge in [0.1, 0.15) is 12.4 Å². The molecule has 0 radical (unpaired) electrons. The van der Waals surface area contributed by atoms with Crippen molar-refractivity contribution in [1.29, 1.82) is 0 Å². The number of nitrogens with zero attached hydrogens (tertiary/aromatic N) is 1. The maximum atomic E-state index is 11.8. The molecule has 110 valence electrons. The summed E-state index contributed by atoms with van der Waals surface area (Å²) in [5, 5.41) is 0.645. The topological polar surface area (TPSA) is 48.4 Å². The summed E-state index contributed by atoms with van der Waals surface area (Å²) in [6.07, 6.45) is 3.56. The molecule has 0 bridgehead atoms. The van der Waals surface area contributed by atoms with Gasteiger partial charge in [0, 0.05) is 23.3 Å². The van der Waals surface area contributed by atoms with Crippen LogP contribution < -0.4 is 4.74 Å². The van der Waals surface area contributed by atoms with Gasteiger partial charge in [0.15, 0.2) is 0 Å². The van der Waals surface area contributed by atoms with Gasteiger partial charge in [0.25, 0.3) is 0 Å². The van der Waals surface area contributed by atoms with Gasteiger partial charge in [-0.05, 0) is 23.3 Å².